The van der Waals surface area contributed by atoms with Crippen LogP contribution in [0.5, 0.6) is 0 Å². The number of carbonyl (C=O) groups is 1. The third-order valence-corrected chi connectivity index (χ3v) is 8.02. The van der Waals surface area contributed by atoms with E-state index in [0.717, 1.165) is 0 Å². The zero-order chi connectivity index (χ0) is 24.5. The Balaban J connectivity index is 1.48. The molecule has 3 aromatic rings. The van der Waals surface area contributed by atoms with Crippen molar-refractivity contribution in [1.82, 2.24) is 0 Å². The lowest BCUT2D eigenvalue weighted by atomic mass is 10.2. The van der Waals surface area contributed by atoms with Crippen molar-refractivity contribution >= 4 is 66.4 Å². The monoisotopic (exact) mass is 539 g/mol. The maximum absolute atomic E-state index is 12.7. The van der Waals surface area contributed by atoms with E-state index in [9.17, 15) is 21.6 Å². The van der Waals surface area contributed by atoms with Crippen LogP contribution in [0.2, 0.25) is 10.0 Å². The van der Waals surface area contributed by atoms with Gasteiger partial charge >= 0.3 is 5.97 Å². The van der Waals surface area contributed by atoms with Crippen LogP contribution in [0.4, 0.5) is 11.4 Å². The summed E-state index contributed by atoms with van der Waals surface area (Å²) >= 11 is 11.9. The van der Waals surface area contributed by atoms with Crippen molar-refractivity contribution in [3.05, 3.63) is 82.3 Å². The van der Waals surface area contributed by atoms with Crippen LogP contribution in [0.15, 0.2) is 80.9 Å². The van der Waals surface area contributed by atoms with Gasteiger partial charge in [0.25, 0.3) is 20.0 Å². The number of para-hydroxylation sites is 1. The van der Waals surface area contributed by atoms with E-state index in [2.05, 4.69) is 14.4 Å². The molecule has 34 heavy (non-hydrogen) atoms. The Bertz CT molecular complexity index is 1540. The molecule has 0 bridgehead atoms. The molecule has 0 aromatic heterocycles. The number of halogens is 2. The molecule has 0 radical (unpaired) electrons. The first kappa shape index (κ1) is 24.0. The highest BCUT2D eigenvalue weighted by molar-refractivity contribution is 7.92. The number of amidine groups is 1. The van der Waals surface area contributed by atoms with Gasteiger partial charge in [0.1, 0.15) is 9.79 Å². The van der Waals surface area contributed by atoms with Crippen LogP contribution in [0.25, 0.3) is 0 Å². The molecular formula is C21H15Cl2N3O6S2. The molecule has 0 fully saturated rings. The third-order valence-electron chi connectivity index (χ3n) is 4.55. The number of hydrogen-bond acceptors (Lipinski definition) is 7. The van der Waals surface area contributed by atoms with E-state index in [4.69, 9.17) is 27.9 Å². The maximum atomic E-state index is 12.7. The second-order valence-electron chi connectivity index (χ2n) is 6.97. The Labute approximate surface area is 205 Å². The van der Waals surface area contributed by atoms with Crippen molar-refractivity contribution in [3.63, 3.8) is 0 Å². The van der Waals surface area contributed by atoms with Gasteiger partial charge in [0.2, 0.25) is 0 Å². The molecule has 0 saturated heterocycles. The number of fused-ring (bicyclic) bond motifs is 1. The van der Waals surface area contributed by atoms with Crippen molar-refractivity contribution in [2.24, 2.45) is 4.40 Å². The predicted octanol–water partition coefficient (Wildman–Crippen LogP) is 4.16. The van der Waals surface area contributed by atoms with Gasteiger partial charge in [-0.2, -0.15) is 8.42 Å². The average Bonchev–Trinajstić information content (AvgIpc) is 2.78. The summed E-state index contributed by atoms with van der Waals surface area (Å²) in [4.78, 5) is 12.3. The van der Waals surface area contributed by atoms with Crippen LogP contribution in [-0.4, -0.2) is 35.2 Å². The van der Waals surface area contributed by atoms with Gasteiger partial charge in [0.15, 0.2) is 12.4 Å². The largest absolute Gasteiger partial charge is 0.454 e. The zero-order valence-corrected chi connectivity index (χ0v) is 20.2. The Morgan fingerprint density at radius 3 is 2.59 bits per heavy atom. The number of sulfonamides is 2. The van der Waals surface area contributed by atoms with Crippen molar-refractivity contribution in [2.75, 3.05) is 16.6 Å². The van der Waals surface area contributed by atoms with Crippen LogP contribution < -0.4 is 10.0 Å². The van der Waals surface area contributed by atoms with E-state index < -0.39 is 32.6 Å². The molecular weight excluding hydrogens is 525 g/mol. The van der Waals surface area contributed by atoms with Crippen molar-refractivity contribution in [3.8, 4) is 0 Å². The minimum absolute atomic E-state index is 0.0184. The van der Waals surface area contributed by atoms with Crippen molar-refractivity contribution in [1.29, 1.82) is 0 Å². The number of hydrogen-bond donors (Lipinski definition) is 2. The fourth-order valence-corrected chi connectivity index (χ4v) is 6.00. The maximum Gasteiger partial charge on any atom is 0.338 e. The zero-order valence-electron chi connectivity index (χ0n) is 17.0. The molecule has 0 atom stereocenters. The molecule has 13 heteroatoms. The summed E-state index contributed by atoms with van der Waals surface area (Å²) in [5, 5.41) is 2.97. The lowest BCUT2D eigenvalue weighted by Crippen LogP contribution is -2.27. The molecule has 0 amide bonds. The standard InChI is InChI=1S/C21H15Cl2N3O6S2/c22-14-8-9-16(23)19(11-14)34(30,31)25-15-5-3-4-13(10-15)21(27)32-12-20-24-17-6-1-2-7-18(17)33(28,29)26-20/h1-11,25H,12H2,(H,24,26). The van der Waals surface area contributed by atoms with Gasteiger partial charge in [-0.25, -0.2) is 13.2 Å². The van der Waals surface area contributed by atoms with Gasteiger partial charge in [0, 0.05) is 10.7 Å². The lowest BCUT2D eigenvalue weighted by Gasteiger charge is -2.17. The highest BCUT2D eigenvalue weighted by Crippen LogP contribution is 2.28. The molecule has 176 valence electrons. The van der Waals surface area contributed by atoms with Gasteiger partial charge in [-0.05, 0) is 48.5 Å². The van der Waals surface area contributed by atoms with Crippen LogP contribution in [0, 0.1) is 0 Å². The highest BCUT2D eigenvalue weighted by Gasteiger charge is 2.25. The van der Waals surface area contributed by atoms with Gasteiger partial charge in [-0.3, -0.25) is 4.72 Å². The molecule has 2 N–H and O–H groups in total. The summed E-state index contributed by atoms with van der Waals surface area (Å²) in [6, 6.07) is 15.8. The summed E-state index contributed by atoms with van der Waals surface area (Å²) in [5.74, 6) is -0.887. The van der Waals surface area contributed by atoms with Gasteiger partial charge < -0.3 is 10.1 Å². The summed E-state index contributed by atoms with van der Waals surface area (Å²) in [6.07, 6.45) is 0. The van der Waals surface area contributed by atoms with Crippen LogP contribution in [-0.2, 0) is 24.8 Å². The lowest BCUT2D eigenvalue weighted by molar-refractivity contribution is 0.0563. The number of benzene rings is 3. The Morgan fingerprint density at radius 2 is 1.79 bits per heavy atom. The minimum Gasteiger partial charge on any atom is -0.454 e. The molecule has 0 unspecified atom stereocenters. The van der Waals surface area contributed by atoms with E-state index in [-0.39, 0.29) is 36.9 Å². The van der Waals surface area contributed by atoms with Crippen molar-refractivity contribution < 1.29 is 26.4 Å². The number of ether oxygens (including phenoxy) is 1. The third kappa shape index (κ3) is 5.17. The van der Waals surface area contributed by atoms with Gasteiger partial charge in [0.05, 0.1) is 16.3 Å². The number of esters is 1. The molecule has 0 aliphatic carbocycles. The van der Waals surface area contributed by atoms with Gasteiger partial charge in [-0.1, -0.05) is 41.4 Å². The number of rotatable bonds is 6. The summed E-state index contributed by atoms with van der Waals surface area (Å²) < 4.78 is 61.1. The van der Waals surface area contributed by atoms with Crippen molar-refractivity contribution in [2.45, 2.75) is 9.79 Å². The first-order valence-electron chi connectivity index (χ1n) is 9.50. The number of nitrogens with zero attached hydrogens (tertiary/aromatic N) is 1. The van der Waals surface area contributed by atoms with Gasteiger partial charge in [-0.15, -0.1) is 4.40 Å². The molecule has 0 saturated carbocycles. The molecule has 3 aromatic carbocycles. The van der Waals surface area contributed by atoms with Crippen LogP contribution in [0.3, 0.4) is 0 Å². The summed E-state index contributed by atoms with van der Waals surface area (Å²) in [7, 11) is -8.02. The second kappa shape index (κ2) is 9.26. The molecule has 4 rings (SSSR count). The number of anilines is 2. The van der Waals surface area contributed by atoms with E-state index >= 15 is 0 Å². The fraction of sp³-hybridized carbons (Fsp3) is 0.0476. The quantitative estimate of drug-likeness (QED) is 0.449. The van der Waals surface area contributed by atoms with E-state index in [1.54, 1.807) is 18.2 Å². The molecule has 1 heterocycles. The average molecular weight is 540 g/mol. The first-order chi connectivity index (χ1) is 16.0. The Hall–Kier alpha value is -3.12. The Morgan fingerprint density at radius 1 is 1.03 bits per heavy atom. The van der Waals surface area contributed by atoms with E-state index in [1.807, 2.05) is 0 Å². The molecule has 1 aliphatic heterocycles. The normalized spacial score (nSPS) is 14.4. The fourth-order valence-electron chi connectivity index (χ4n) is 3.05. The first-order valence-corrected chi connectivity index (χ1v) is 13.2. The van der Waals surface area contributed by atoms with Crippen LogP contribution >= 0.6 is 23.2 Å². The summed E-state index contributed by atoms with van der Waals surface area (Å²) in [6.45, 7) is -0.444. The second-order valence-corrected chi connectivity index (χ2v) is 11.0. The summed E-state index contributed by atoms with van der Waals surface area (Å²) in [5.41, 5.74) is 0.423. The number of nitrogens with one attached hydrogen (secondary N) is 2. The SMILES string of the molecule is O=C(OCC1=NS(=O)(=O)c2ccccc2N1)c1cccc(NS(=O)(=O)c2cc(Cl)ccc2Cl)c1. The van der Waals surface area contributed by atoms with E-state index in [0.29, 0.717) is 5.69 Å². The molecule has 0 spiro atoms. The number of carbonyl (C=O) groups excluding carboxylic acids is 1. The minimum atomic E-state index is -4.09. The highest BCUT2D eigenvalue weighted by atomic mass is 35.5. The topological polar surface area (TPSA) is 131 Å². The van der Waals surface area contributed by atoms with E-state index in [1.165, 1.54) is 48.5 Å². The smallest absolute Gasteiger partial charge is 0.338 e. The predicted molar refractivity (Wildman–Crippen MR) is 129 cm³/mol. The van der Waals surface area contributed by atoms with Crippen LogP contribution in [0.1, 0.15) is 10.4 Å². The molecule has 9 nitrogen and oxygen atoms in total. The Kier molecular flexibility index (Phi) is 6.54. The molecule has 1 aliphatic rings.